The second-order valence-corrected chi connectivity index (χ2v) is 3.42. The molecular formula is C9H17N3O4. The van der Waals surface area contributed by atoms with Crippen molar-refractivity contribution in [2.75, 3.05) is 13.6 Å². The number of rotatable bonds is 5. The number of likely N-dealkylation sites (N-methyl/N-ethyl adjacent to an activating group) is 1. The van der Waals surface area contributed by atoms with Gasteiger partial charge in [0, 0.05) is 13.1 Å². The first-order chi connectivity index (χ1) is 7.38. The number of carbonyl (C=O) groups excluding carboxylic acids is 2. The summed E-state index contributed by atoms with van der Waals surface area (Å²) in [6.07, 6.45) is 0. The van der Waals surface area contributed by atoms with Gasteiger partial charge in [0.1, 0.15) is 0 Å². The van der Waals surface area contributed by atoms with Crippen LogP contribution in [0.1, 0.15) is 13.8 Å². The van der Waals surface area contributed by atoms with Crippen molar-refractivity contribution in [2.24, 2.45) is 5.92 Å². The largest absolute Gasteiger partial charge is 0.481 e. The van der Waals surface area contributed by atoms with E-state index in [0.29, 0.717) is 0 Å². The Hall–Kier alpha value is -1.79. The molecule has 4 N–H and O–H groups in total. The lowest BCUT2D eigenvalue weighted by Gasteiger charge is -2.17. The van der Waals surface area contributed by atoms with E-state index in [1.807, 2.05) is 0 Å². The number of carboxylic acids is 1. The Bertz CT molecular complexity index is 280. The van der Waals surface area contributed by atoms with Gasteiger partial charge in [0.25, 0.3) is 0 Å². The monoisotopic (exact) mass is 231 g/mol. The number of urea groups is 1. The average Bonchev–Trinajstić information content (AvgIpc) is 2.24. The smallest absolute Gasteiger partial charge is 0.315 e. The Morgan fingerprint density at radius 1 is 1.25 bits per heavy atom. The molecular weight excluding hydrogens is 214 g/mol. The van der Waals surface area contributed by atoms with Gasteiger partial charge in [-0.15, -0.1) is 0 Å². The fourth-order valence-corrected chi connectivity index (χ4v) is 0.846. The van der Waals surface area contributed by atoms with E-state index < -0.39 is 24.0 Å². The summed E-state index contributed by atoms with van der Waals surface area (Å²) in [6, 6.07) is -1.08. The Morgan fingerprint density at radius 3 is 2.25 bits per heavy atom. The zero-order chi connectivity index (χ0) is 12.7. The van der Waals surface area contributed by atoms with E-state index in [1.165, 1.54) is 14.0 Å². The van der Waals surface area contributed by atoms with Gasteiger partial charge in [-0.3, -0.25) is 9.59 Å². The highest BCUT2D eigenvalue weighted by Gasteiger charge is 2.20. The summed E-state index contributed by atoms with van der Waals surface area (Å²) in [7, 11) is 1.46. The molecule has 7 nitrogen and oxygen atoms in total. The number of carboxylic acid groups (broad SMARTS) is 1. The van der Waals surface area contributed by atoms with Gasteiger partial charge in [0.15, 0.2) is 0 Å². The molecule has 3 amide bonds. The second kappa shape index (κ2) is 6.65. The molecule has 0 aromatic rings. The number of amides is 3. The van der Waals surface area contributed by atoms with Crippen LogP contribution >= 0.6 is 0 Å². The first-order valence-corrected chi connectivity index (χ1v) is 4.86. The SMILES string of the molecule is CNC(=O)CNC(=O)NC(C)C(C)C(=O)O. The van der Waals surface area contributed by atoms with Crippen LogP contribution in [0.15, 0.2) is 0 Å². The highest BCUT2D eigenvalue weighted by atomic mass is 16.4. The number of carbonyl (C=O) groups is 3. The van der Waals surface area contributed by atoms with Gasteiger partial charge in [0.2, 0.25) is 5.91 Å². The van der Waals surface area contributed by atoms with Crippen LogP contribution in [-0.2, 0) is 9.59 Å². The molecule has 2 atom stereocenters. The summed E-state index contributed by atoms with van der Waals surface area (Å²) < 4.78 is 0. The Morgan fingerprint density at radius 2 is 1.81 bits per heavy atom. The third-order valence-electron chi connectivity index (χ3n) is 2.19. The predicted molar refractivity (Wildman–Crippen MR) is 56.9 cm³/mol. The fourth-order valence-electron chi connectivity index (χ4n) is 0.846. The van der Waals surface area contributed by atoms with Crippen molar-refractivity contribution in [3.8, 4) is 0 Å². The molecule has 7 heteroatoms. The van der Waals surface area contributed by atoms with E-state index in [4.69, 9.17) is 5.11 Å². The van der Waals surface area contributed by atoms with Gasteiger partial charge < -0.3 is 21.1 Å². The molecule has 0 aromatic heterocycles. The fraction of sp³-hybridized carbons (Fsp3) is 0.667. The van der Waals surface area contributed by atoms with Crippen molar-refractivity contribution < 1.29 is 19.5 Å². The van der Waals surface area contributed by atoms with E-state index in [2.05, 4.69) is 16.0 Å². The summed E-state index contributed by atoms with van der Waals surface area (Å²) in [5, 5.41) is 15.8. The molecule has 0 bridgehead atoms. The summed E-state index contributed by atoms with van der Waals surface area (Å²) in [5.74, 6) is -2.00. The third kappa shape index (κ3) is 5.18. The van der Waals surface area contributed by atoms with E-state index in [9.17, 15) is 14.4 Å². The van der Waals surface area contributed by atoms with Gasteiger partial charge in [-0.05, 0) is 13.8 Å². The molecule has 0 aromatic carbocycles. The lowest BCUT2D eigenvalue weighted by Crippen LogP contribution is -2.47. The van der Waals surface area contributed by atoms with Crippen LogP contribution in [0.4, 0.5) is 4.79 Å². The van der Waals surface area contributed by atoms with Crippen molar-refractivity contribution in [1.29, 1.82) is 0 Å². The quantitative estimate of drug-likeness (QED) is 0.494. The van der Waals surface area contributed by atoms with Gasteiger partial charge in [-0.1, -0.05) is 0 Å². The average molecular weight is 231 g/mol. The second-order valence-electron chi connectivity index (χ2n) is 3.42. The number of aliphatic carboxylic acids is 1. The van der Waals surface area contributed by atoms with Crippen LogP contribution in [0, 0.1) is 5.92 Å². The summed E-state index contributed by atoms with van der Waals surface area (Å²) in [6.45, 7) is 2.93. The minimum atomic E-state index is -0.987. The lowest BCUT2D eigenvalue weighted by molar-refractivity contribution is -0.141. The molecule has 2 unspecified atom stereocenters. The van der Waals surface area contributed by atoms with Gasteiger partial charge in [-0.25, -0.2) is 4.79 Å². The van der Waals surface area contributed by atoms with Crippen LogP contribution in [0.2, 0.25) is 0 Å². The highest BCUT2D eigenvalue weighted by molar-refractivity contribution is 5.84. The topological polar surface area (TPSA) is 108 Å². The molecule has 0 spiro atoms. The standard InChI is InChI=1S/C9H17N3O4/c1-5(8(14)15)6(2)12-9(16)11-4-7(13)10-3/h5-6H,4H2,1-3H3,(H,10,13)(H,14,15)(H2,11,12,16). The summed E-state index contributed by atoms with van der Waals surface area (Å²) >= 11 is 0. The third-order valence-corrected chi connectivity index (χ3v) is 2.19. The maximum absolute atomic E-state index is 11.2. The van der Waals surface area contributed by atoms with Gasteiger partial charge in [-0.2, -0.15) is 0 Å². The molecule has 0 aliphatic heterocycles. The van der Waals surface area contributed by atoms with Crippen molar-refractivity contribution in [1.82, 2.24) is 16.0 Å². The first-order valence-electron chi connectivity index (χ1n) is 4.86. The van der Waals surface area contributed by atoms with Crippen molar-refractivity contribution in [3.63, 3.8) is 0 Å². The summed E-state index contributed by atoms with van der Waals surface area (Å²) in [5.41, 5.74) is 0. The van der Waals surface area contributed by atoms with Crippen molar-refractivity contribution in [3.05, 3.63) is 0 Å². The normalized spacial score (nSPS) is 13.4. The van der Waals surface area contributed by atoms with Crippen molar-refractivity contribution >= 4 is 17.9 Å². The molecule has 0 aliphatic carbocycles. The maximum atomic E-state index is 11.2. The molecule has 0 rings (SSSR count). The maximum Gasteiger partial charge on any atom is 0.315 e. The Labute approximate surface area is 93.6 Å². The van der Waals surface area contributed by atoms with E-state index in [-0.39, 0.29) is 12.5 Å². The van der Waals surface area contributed by atoms with Crippen LogP contribution < -0.4 is 16.0 Å². The number of hydrogen-bond donors (Lipinski definition) is 4. The first kappa shape index (κ1) is 14.2. The molecule has 0 saturated heterocycles. The molecule has 0 saturated carbocycles. The van der Waals surface area contributed by atoms with Crippen LogP contribution in [0.3, 0.4) is 0 Å². The van der Waals surface area contributed by atoms with Gasteiger partial charge in [0.05, 0.1) is 12.5 Å². The number of nitrogens with one attached hydrogen (secondary N) is 3. The van der Waals surface area contributed by atoms with E-state index >= 15 is 0 Å². The molecule has 0 radical (unpaired) electrons. The zero-order valence-corrected chi connectivity index (χ0v) is 9.53. The number of hydrogen-bond acceptors (Lipinski definition) is 3. The van der Waals surface area contributed by atoms with Crippen LogP contribution in [0.25, 0.3) is 0 Å². The molecule has 0 heterocycles. The Kier molecular flexibility index (Phi) is 5.91. The Balaban J connectivity index is 3.96. The van der Waals surface area contributed by atoms with Crippen molar-refractivity contribution in [2.45, 2.75) is 19.9 Å². The van der Waals surface area contributed by atoms with Gasteiger partial charge >= 0.3 is 12.0 Å². The molecule has 0 fully saturated rings. The minimum absolute atomic E-state index is 0.142. The zero-order valence-electron chi connectivity index (χ0n) is 9.53. The van der Waals surface area contributed by atoms with E-state index in [0.717, 1.165) is 0 Å². The molecule has 16 heavy (non-hydrogen) atoms. The molecule has 92 valence electrons. The highest BCUT2D eigenvalue weighted by Crippen LogP contribution is 2.01. The predicted octanol–water partition coefficient (Wildman–Crippen LogP) is -0.859. The van der Waals surface area contributed by atoms with Crippen LogP contribution in [-0.4, -0.2) is 42.6 Å². The van der Waals surface area contributed by atoms with E-state index in [1.54, 1.807) is 6.92 Å². The van der Waals surface area contributed by atoms with Crippen LogP contribution in [0.5, 0.6) is 0 Å². The minimum Gasteiger partial charge on any atom is -0.481 e. The molecule has 0 aliphatic rings. The lowest BCUT2D eigenvalue weighted by atomic mass is 10.0. The summed E-state index contributed by atoms with van der Waals surface area (Å²) in [4.78, 5) is 32.6.